The van der Waals surface area contributed by atoms with Crippen molar-refractivity contribution >= 4 is 5.91 Å². The van der Waals surface area contributed by atoms with Gasteiger partial charge >= 0.3 is 0 Å². The first-order valence-electron chi connectivity index (χ1n) is 7.57. The molecule has 1 rings (SSSR count). The fraction of sp³-hybridized carbons (Fsp3) is 0.588. The summed E-state index contributed by atoms with van der Waals surface area (Å²) < 4.78 is 0. The van der Waals surface area contributed by atoms with E-state index in [1.165, 1.54) is 16.7 Å². The lowest BCUT2D eigenvalue weighted by Crippen LogP contribution is -2.33. The highest BCUT2D eigenvalue weighted by molar-refractivity contribution is 5.76. The zero-order valence-corrected chi connectivity index (χ0v) is 13.5. The molecule has 0 heterocycles. The maximum Gasteiger partial charge on any atom is 0.223 e. The summed E-state index contributed by atoms with van der Waals surface area (Å²) in [5.74, 6) is 0.232. The Morgan fingerprint density at radius 3 is 2.50 bits per heavy atom. The molecule has 0 aliphatic carbocycles. The van der Waals surface area contributed by atoms with Crippen molar-refractivity contribution in [2.75, 3.05) is 19.6 Å². The molecule has 0 bridgehead atoms. The summed E-state index contributed by atoms with van der Waals surface area (Å²) in [5, 5.41) is 3.45. The third kappa shape index (κ3) is 4.64. The number of amides is 1. The molecule has 0 radical (unpaired) electrons. The third-order valence-electron chi connectivity index (χ3n) is 3.81. The molecule has 112 valence electrons. The zero-order valence-electron chi connectivity index (χ0n) is 13.5. The molecule has 1 aromatic rings. The number of benzene rings is 1. The highest BCUT2D eigenvalue weighted by atomic mass is 16.2. The van der Waals surface area contributed by atoms with Gasteiger partial charge in [-0.2, -0.15) is 0 Å². The van der Waals surface area contributed by atoms with E-state index in [4.69, 9.17) is 0 Å². The monoisotopic (exact) mass is 276 g/mol. The van der Waals surface area contributed by atoms with Gasteiger partial charge in [0.15, 0.2) is 0 Å². The minimum atomic E-state index is 0.232. The van der Waals surface area contributed by atoms with Crippen molar-refractivity contribution in [1.29, 1.82) is 0 Å². The lowest BCUT2D eigenvalue weighted by molar-refractivity contribution is -0.130. The van der Waals surface area contributed by atoms with E-state index in [2.05, 4.69) is 44.3 Å². The summed E-state index contributed by atoms with van der Waals surface area (Å²) in [6.45, 7) is 12.8. The Hall–Kier alpha value is -1.35. The number of nitrogens with zero attached hydrogens (tertiary/aromatic N) is 1. The van der Waals surface area contributed by atoms with Crippen molar-refractivity contribution in [3.05, 3.63) is 34.9 Å². The third-order valence-corrected chi connectivity index (χ3v) is 3.81. The topological polar surface area (TPSA) is 32.3 Å². The Bertz CT molecular complexity index is 439. The molecule has 0 aliphatic heterocycles. The van der Waals surface area contributed by atoms with Crippen LogP contribution >= 0.6 is 0 Å². The first-order chi connectivity index (χ1) is 9.49. The van der Waals surface area contributed by atoms with Crippen LogP contribution in [0.2, 0.25) is 0 Å². The summed E-state index contributed by atoms with van der Waals surface area (Å²) in [6, 6.07) is 6.79. The molecule has 1 N–H and O–H groups in total. The Labute approximate surface area is 123 Å². The Balaban J connectivity index is 2.49. The van der Waals surface area contributed by atoms with Crippen LogP contribution in [0, 0.1) is 13.8 Å². The molecule has 3 heteroatoms. The Kier molecular flexibility index (Phi) is 6.73. The number of carbonyl (C=O) groups is 1. The number of hydrogen-bond donors (Lipinski definition) is 1. The van der Waals surface area contributed by atoms with E-state index in [1.54, 1.807) is 0 Å². The average Bonchev–Trinajstić information content (AvgIpc) is 2.42. The summed E-state index contributed by atoms with van der Waals surface area (Å²) in [7, 11) is 0. The van der Waals surface area contributed by atoms with E-state index in [-0.39, 0.29) is 11.9 Å². The van der Waals surface area contributed by atoms with Crippen molar-refractivity contribution < 1.29 is 4.79 Å². The van der Waals surface area contributed by atoms with E-state index in [9.17, 15) is 4.79 Å². The Morgan fingerprint density at radius 1 is 1.25 bits per heavy atom. The standard InChI is InChI=1S/C17H28N2O/c1-6-19(7-2)17(20)10-11-18-15(5)16-12-13(3)8-9-14(16)4/h8-9,12,15,18H,6-7,10-11H2,1-5H3. The second kappa shape index (κ2) is 8.05. The number of aryl methyl sites for hydroxylation is 2. The van der Waals surface area contributed by atoms with Gasteiger partial charge in [0.2, 0.25) is 5.91 Å². The number of nitrogens with one attached hydrogen (secondary N) is 1. The molecule has 1 aromatic carbocycles. The number of hydrogen-bond acceptors (Lipinski definition) is 2. The molecule has 0 saturated carbocycles. The van der Waals surface area contributed by atoms with E-state index in [0.717, 1.165) is 19.6 Å². The van der Waals surface area contributed by atoms with Crippen LogP contribution in [0.1, 0.15) is 49.9 Å². The van der Waals surface area contributed by atoms with Gasteiger partial charge in [0, 0.05) is 32.1 Å². The van der Waals surface area contributed by atoms with Gasteiger partial charge in [-0.05, 0) is 45.7 Å². The van der Waals surface area contributed by atoms with Crippen molar-refractivity contribution in [1.82, 2.24) is 10.2 Å². The zero-order chi connectivity index (χ0) is 15.1. The predicted molar refractivity (Wildman–Crippen MR) is 84.9 cm³/mol. The molecule has 1 unspecified atom stereocenters. The van der Waals surface area contributed by atoms with Crippen LogP contribution in [0.25, 0.3) is 0 Å². The molecule has 0 saturated heterocycles. The molecule has 3 nitrogen and oxygen atoms in total. The quantitative estimate of drug-likeness (QED) is 0.829. The van der Waals surface area contributed by atoms with E-state index in [0.29, 0.717) is 6.42 Å². The predicted octanol–water partition coefficient (Wildman–Crippen LogP) is 3.21. The van der Waals surface area contributed by atoms with E-state index in [1.807, 2.05) is 18.7 Å². The van der Waals surface area contributed by atoms with Crippen LogP contribution in [0.4, 0.5) is 0 Å². The second-order valence-corrected chi connectivity index (χ2v) is 5.35. The van der Waals surface area contributed by atoms with Crippen molar-refractivity contribution in [3.63, 3.8) is 0 Å². The highest BCUT2D eigenvalue weighted by Gasteiger charge is 2.11. The molecule has 20 heavy (non-hydrogen) atoms. The van der Waals surface area contributed by atoms with Gasteiger partial charge in [-0.1, -0.05) is 23.8 Å². The van der Waals surface area contributed by atoms with Crippen LogP contribution in [-0.4, -0.2) is 30.4 Å². The summed E-state index contributed by atoms with van der Waals surface area (Å²) in [4.78, 5) is 13.8. The van der Waals surface area contributed by atoms with Crippen molar-refractivity contribution in [2.24, 2.45) is 0 Å². The minimum absolute atomic E-state index is 0.232. The minimum Gasteiger partial charge on any atom is -0.343 e. The summed E-state index contributed by atoms with van der Waals surface area (Å²) in [5.41, 5.74) is 3.89. The first-order valence-corrected chi connectivity index (χ1v) is 7.57. The van der Waals surface area contributed by atoms with Gasteiger partial charge in [0.25, 0.3) is 0 Å². The second-order valence-electron chi connectivity index (χ2n) is 5.35. The number of rotatable bonds is 7. The van der Waals surface area contributed by atoms with Gasteiger partial charge in [-0.25, -0.2) is 0 Å². The number of carbonyl (C=O) groups excluding carboxylic acids is 1. The average molecular weight is 276 g/mol. The van der Waals surface area contributed by atoms with Crippen LogP contribution < -0.4 is 5.32 Å². The summed E-state index contributed by atoms with van der Waals surface area (Å²) >= 11 is 0. The molecular formula is C17H28N2O. The molecule has 1 atom stereocenters. The van der Waals surface area contributed by atoms with Gasteiger partial charge < -0.3 is 10.2 Å². The van der Waals surface area contributed by atoms with E-state index >= 15 is 0 Å². The van der Waals surface area contributed by atoms with Crippen LogP contribution in [-0.2, 0) is 4.79 Å². The molecule has 1 amide bonds. The SMILES string of the molecule is CCN(CC)C(=O)CCNC(C)c1cc(C)ccc1C. The van der Waals surface area contributed by atoms with Gasteiger partial charge in [-0.3, -0.25) is 4.79 Å². The smallest absolute Gasteiger partial charge is 0.223 e. The maximum absolute atomic E-state index is 11.9. The fourth-order valence-electron chi connectivity index (χ4n) is 2.47. The van der Waals surface area contributed by atoms with Gasteiger partial charge in [0.1, 0.15) is 0 Å². The fourth-order valence-corrected chi connectivity index (χ4v) is 2.47. The van der Waals surface area contributed by atoms with Crippen molar-refractivity contribution in [2.45, 2.75) is 47.1 Å². The van der Waals surface area contributed by atoms with E-state index < -0.39 is 0 Å². The highest BCUT2D eigenvalue weighted by Crippen LogP contribution is 2.18. The van der Waals surface area contributed by atoms with Crippen LogP contribution in [0.3, 0.4) is 0 Å². The van der Waals surface area contributed by atoms with Gasteiger partial charge in [-0.15, -0.1) is 0 Å². The molecule has 0 aromatic heterocycles. The molecular weight excluding hydrogens is 248 g/mol. The largest absolute Gasteiger partial charge is 0.343 e. The normalized spacial score (nSPS) is 12.2. The Morgan fingerprint density at radius 2 is 1.90 bits per heavy atom. The lowest BCUT2D eigenvalue weighted by Gasteiger charge is -2.20. The van der Waals surface area contributed by atoms with Gasteiger partial charge in [0.05, 0.1) is 0 Å². The lowest BCUT2D eigenvalue weighted by atomic mass is 10.00. The first kappa shape index (κ1) is 16.7. The molecule has 0 fully saturated rings. The molecule has 0 spiro atoms. The molecule has 0 aliphatic rings. The van der Waals surface area contributed by atoms with Crippen LogP contribution in [0.5, 0.6) is 0 Å². The maximum atomic E-state index is 11.9. The summed E-state index contributed by atoms with van der Waals surface area (Å²) in [6.07, 6.45) is 0.566. The van der Waals surface area contributed by atoms with Crippen molar-refractivity contribution in [3.8, 4) is 0 Å². The van der Waals surface area contributed by atoms with Crippen LogP contribution in [0.15, 0.2) is 18.2 Å².